The van der Waals surface area contributed by atoms with E-state index in [0.717, 1.165) is 33.5 Å². The second-order valence-electron chi connectivity index (χ2n) is 8.64. The van der Waals surface area contributed by atoms with Gasteiger partial charge in [-0.05, 0) is 60.2 Å². The minimum absolute atomic E-state index is 0.0931. The largest absolute Gasteiger partial charge is 0.497 e. The summed E-state index contributed by atoms with van der Waals surface area (Å²) in [5.74, 6) is 1.19. The molecule has 1 unspecified atom stereocenters. The van der Waals surface area contributed by atoms with E-state index in [1.54, 1.807) is 18.0 Å². The summed E-state index contributed by atoms with van der Waals surface area (Å²) in [6.07, 6.45) is 1.76. The maximum absolute atomic E-state index is 12.8. The van der Waals surface area contributed by atoms with Gasteiger partial charge in [0.25, 0.3) is 0 Å². The maximum Gasteiger partial charge on any atom is 0.242 e. The molecule has 0 saturated heterocycles. The summed E-state index contributed by atoms with van der Waals surface area (Å²) in [4.78, 5) is 17.4. The third-order valence-electron chi connectivity index (χ3n) is 5.98. The van der Waals surface area contributed by atoms with Gasteiger partial charge < -0.3 is 10.1 Å². The molecule has 2 aromatic heterocycles. The van der Waals surface area contributed by atoms with Crippen molar-refractivity contribution < 1.29 is 9.53 Å². The number of aromatic nitrogens is 3. The summed E-state index contributed by atoms with van der Waals surface area (Å²) in [6.45, 7) is 8.40. The highest BCUT2D eigenvalue weighted by Crippen LogP contribution is 2.31. The third kappa shape index (κ3) is 4.75. The number of ether oxygens (including phenoxy) is 1. The molecule has 0 aliphatic heterocycles. The van der Waals surface area contributed by atoms with Gasteiger partial charge in [-0.1, -0.05) is 50.2 Å². The van der Waals surface area contributed by atoms with E-state index in [1.807, 2.05) is 44.2 Å². The fourth-order valence-electron chi connectivity index (χ4n) is 4.08. The van der Waals surface area contributed by atoms with Gasteiger partial charge in [0.05, 0.1) is 18.8 Å². The van der Waals surface area contributed by atoms with Crippen LogP contribution >= 0.6 is 0 Å². The van der Waals surface area contributed by atoms with Crippen molar-refractivity contribution in [1.29, 1.82) is 0 Å². The number of nitrogens with one attached hydrogen (secondary N) is 1. The van der Waals surface area contributed by atoms with Gasteiger partial charge in [-0.25, -0.2) is 9.67 Å². The highest BCUT2D eigenvalue weighted by Gasteiger charge is 2.17. The van der Waals surface area contributed by atoms with Gasteiger partial charge >= 0.3 is 0 Å². The zero-order chi connectivity index (χ0) is 23.5. The van der Waals surface area contributed by atoms with Crippen molar-refractivity contribution in [3.63, 3.8) is 0 Å². The number of benzene rings is 2. The summed E-state index contributed by atoms with van der Waals surface area (Å²) in [6, 6.07) is 18.2. The number of amides is 1. The standard InChI is InChI=1S/C27H30N4O2/c1-17(2)20-6-8-21(9-7-20)18(3)29-25(32)16-31-27-26(19(4)30-31)24(14-15-28-27)22-10-12-23(33-5)13-11-22/h6-15,17-18H,16H2,1-5H3,(H,29,32). The predicted molar refractivity (Wildman–Crippen MR) is 131 cm³/mol. The Hall–Kier alpha value is -3.67. The lowest BCUT2D eigenvalue weighted by atomic mass is 9.99. The van der Waals surface area contributed by atoms with Crippen molar-refractivity contribution in [2.75, 3.05) is 7.11 Å². The summed E-state index contributed by atoms with van der Waals surface area (Å²) in [7, 11) is 1.65. The van der Waals surface area contributed by atoms with Crippen LogP contribution in [0.3, 0.4) is 0 Å². The molecule has 4 aromatic rings. The van der Waals surface area contributed by atoms with Crippen molar-refractivity contribution in [2.45, 2.75) is 46.2 Å². The number of aryl methyl sites for hydroxylation is 1. The van der Waals surface area contributed by atoms with E-state index >= 15 is 0 Å². The number of carbonyl (C=O) groups excluding carboxylic acids is 1. The van der Waals surface area contributed by atoms with Gasteiger partial charge in [-0.2, -0.15) is 5.10 Å². The summed E-state index contributed by atoms with van der Waals surface area (Å²) in [5.41, 5.74) is 5.99. The van der Waals surface area contributed by atoms with Crippen molar-refractivity contribution in [3.05, 3.63) is 77.6 Å². The molecular weight excluding hydrogens is 412 g/mol. The summed E-state index contributed by atoms with van der Waals surface area (Å²) >= 11 is 0. The Morgan fingerprint density at radius 1 is 1.00 bits per heavy atom. The molecule has 0 fully saturated rings. The number of rotatable bonds is 7. The molecule has 1 atom stereocenters. The molecule has 6 heteroatoms. The van der Waals surface area contributed by atoms with E-state index < -0.39 is 0 Å². The smallest absolute Gasteiger partial charge is 0.242 e. The maximum atomic E-state index is 12.8. The molecule has 1 amide bonds. The van der Waals surface area contributed by atoms with Gasteiger partial charge in [0.15, 0.2) is 5.65 Å². The molecule has 0 radical (unpaired) electrons. The van der Waals surface area contributed by atoms with E-state index in [1.165, 1.54) is 5.56 Å². The number of carbonyl (C=O) groups is 1. The zero-order valence-corrected chi connectivity index (χ0v) is 19.8. The van der Waals surface area contributed by atoms with Crippen LogP contribution in [0.4, 0.5) is 0 Å². The second-order valence-corrected chi connectivity index (χ2v) is 8.64. The molecule has 6 nitrogen and oxygen atoms in total. The van der Waals surface area contributed by atoms with E-state index in [9.17, 15) is 4.79 Å². The van der Waals surface area contributed by atoms with E-state index in [2.05, 4.69) is 53.5 Å². The van der Waals surface area contributed by atoms with Crippen LogP contribution in [-0.2, 0) is 11.3 Å². The lowest BCUT2D eigenvalue weighted by molar-refractivity contribution is -0.122. The molecule has 0 saturated carbocycles. The number of methoxy groups -OCH3 is 1. The normalized spacial score (nSPS) is 12.2. The van der Waals surface area contributed by atoms with Gasteiger partial charge in [0, 0.05) is 11.6 Å². The Labute approximate surface area is 194 Å². The first-order valence-electron chi connectivity index (χ1n) is 11.2. The van der Waals surface area contributed by atoms with Crippen molar-refractivity contribution in [2.24, 2.45) is 0 Å². The van der Waals surface area contributed by atoms with Crippen LogP contribution in [0.15, 0.2) is 60.8 Å². The first-order chi connectivity index (χ1) is 15.9. The molecule has 0 aliphatic carbocycles. The van der Waals surface area contributed by atoms with Crippen LogP contribution in [0, 0.1) is 6.92 Å². The van der Waals surface area contributed by atoms with E-state index in [-0.39, 0.29) is 18.5 Å². The SMILES string of the molecule is COc1ccc(-c2ccnc3c2c(C)nn3CC(=O)NC(C)c2ccc(C(C)C)cc2)cc1. The number of fused-ring (bicyclic) bond motifs is 1. The topological polar surface area (TPSA) is 69.0 Å². The molecule has 0 aliphatic rings. The Balaban J connectivity index is 1.54. The Morgan fingerprint density at radius 2 is 1.67 bits per heavy atom. The Kier molecular flexibility index (Phi) is 6.45. The quantitative estimate of drug-likeness (QED) is 0.415. The number of nitrogens with zero attached hydrogens (tertiary/aromatic N) is 3. The summed E-state index contributed by atoms with van der Waals surface area (Å²) < 4.78 is 6.95. The highest BCUT2D eigenvalue weighted by molar-refractivity contribution is 5.95. The molecule has 1 N–H and O–H groups in total. The van der Waals surface area contributed by atoms with E-state index in [0.29, 0.717) is 11.6 Å². The van der Waals surface area contributed by atoms with Gasteiger partial charge in [0.2, 0.25) is 5.91 Å². The van der Waals surface area contributed by atoms with Crippen LogP contribution in [0.5, 0.6) is 5.75 Å². The average molecular weight is 443 g/mol. The van der Waals surface area contributed by atoms with Crippen LogP contribution in [-0.4, -0.2) is 27.8 Å². The Bertz CT molecular complexity index is 1260. The molecule has 2 aromatic carbocycles. The molecule has 4 rings (SSSR count). The number of hydrogen-bond acceptors (Lipinski definition) is 4. The fourth-order valence-corrected chi connectivity index (χ4v) is 4.08. The molecule has 33 heavy (non-hydrogen) atoms. The fraction of sp³-hybridized carbons (Fsp3) is 0.296. The first kappa shape index (κ1) is 22.5. The first-order valence-corrected chi connectivity index (χ1v) is 11.2. The minimum atomic E-state index is -0.100. The van der Waals surface area contributed by atoms with E-state index in [4.69, 9.17) is 4.74 Å². The third-order valence-corrected chi connectivity index (χ3v) is 5.98. The molecule has 0 bridgehead atoms. The molecule has 0 spiro atoms. The average Bonchev–Trinajstić information content (AvgIpc) is 3.14. The lowest BCUT2D eigenvalue weighted by Gasteiger charge is -2.16. The van der Waals surface area contributed by atoms with Crippen LogP contribution in [0.1, 0.15) is 49.6 Å². The van der Waals surface area contributed by atoms with Gasteiger partial charge in [0.1, 0.15) is 12.3 Å². The van der Waals surface area contributed by atoms with Crippen LogP contribution in [0.2, 0.25) is 0 Å². The van der Waals surface area contributed by atoms with Crippen molar-refractivity contribution in [1.82, 2.24) is 20.1 Å². The second kappa shape index (κ2) is 9.45. The van der Waals surface area contributed by atoms with Crippen molar-refractivity contribution >= 4 is 16.9 Å². The van der Waals surface area contributed by atoms with Gasteiger partial charge in [-0.3, -0.25) is 4.79 Å². The zero-order valence-electron chi connectivity index (χ0n) is 19.8. The predicted octanol–water partition coefficient (Wildman–Crippen LogP) is 5.42. The molecule has 2 heterocycles. The number of pyridine rings is 1. The minimum Gasteiger partial charge on any atom is -0.497 e. The number of hydrogen-bond donors (Lipinski definition) is 1. The lowest BCUT2D eigenvalue weighted by Crippen LogP contribution is -2.30. The van der Waals surface area contributed by atoms with Crippen molar-refractivity contribution in [3.8, 4) is 16.9 Å². The highest BCUT2D eigenvalue weighted by atomic mass is 16.5. The molecule has 170 valence electrons. The summed E-state index contributed by atoms with van der Waals surface area (Å²) in [5, 5.41) is 8.67. The molecular formula is C27H30N4O2. The van der Waals surface area contributed by atoms with Crippen LogP contribution in [0.25, 0.3) is 22.2 Å². The monoisotopic (exact) mass is 442 g/mol. The van der Waals surface area contributed by atoms with Gasteiger partial charge in [-0.15, -0.1) is 0 Å². The Morgan fingerprint density at radius 3 is 2.30 bits per heavy atom. The van der Waals surface area contributed by atoms with Crippen LogP contribution < -0.4 is 10.1 Å².